The lowest BCUT2D eigenvalue weighted by Gasteiger charge is -2.17. The molecule has 68 valence electrons. The molecule has 1 N–H and O–H groups in total. The second-order valence-electron chi connectivity index (χ2n) is 4.47. The van der Waals surface area contributed by atoms with Crippen molar-refractivity contribution in [1.82, 2.24) is 5.32 Å². The molecule has 0 amide bonds. The van der Waals surface area contributed by atoms with Gasteiger partial charge in [0.1, 0.15) is 0 Å². The zero-order chi connectivity index (χ0) is 8.74. The maximum absolute atomic E-state index is 3.17. The van der Waals surface area contributed by atoms with Crippen LogP contribution in [-0.4, -0.2) is 13.6 Å². The first-order valence-corrected chi connectivity index (χ1v) is 4.71. The number of unbranched alkanes of at least 4 members (excludes halogenated alkanes) is 2. The Morgan fingerprint density at radius 3 is 2.09 bits per heavy atom. The molecule has 0 aromatic carbocycles. The van der Waals surface area contributed by atoms with Crippen molar-refractivity contribution in [2.24, 2.45) is 5.41 Å². The van der Waals surface area contributed by atoms with Gasteiger partial charge in [0.2, 0.25) is 0 Å². The molecule has 0 heterocycles. The SMILES string of the molecule is CNCCCCCC(C)(C)C. The number of nitrogens with one attached hydrogen (secondary N) is 1. The van der Waals surface area contributed by atoms with Crippen molar-refractivity contribution >= 4 is 0 Å². The summed E-state index contributed by atoms with van der Waals surface area (Å²) in [5.74, 6) is 0. The van der Waals surface area contributed by atoms with Crippen LogP contribution in [0.3, 0.4) is 0 Å². The van der Waals surface area contributed by atoms with Gasteiger partial charge in [-0.2, -0.15) is 0 Å². The first-order chi connectivity index (χ1) is 5.06. The maximum atomic E-state index is 3.17. The summed E-state index contributed by atoms with van der Waals surface area (Å²) >= 11 is 0. The van der Waals surface area contributed by atoms with E-state index in [1.54, 1.807) is 0 Å². The highest BCUT2D eigenvalue weighted by molar-refractivity contribution is 4.60. The van der Waals surface area contributed by atoms with Gasteiger partial charge in [0.25, 0.3) is 0 Å². The Labute approximate surface area is 71.6 Å². The molecule has 0 saturated carbocycles. The Balaban J connectivity index is 3.02. The van der Waals surface area contributed by atoms with E-state index in [1.165, 1.54) is 32.2 Å². The fourth-order valence-electron chi connectivity index (χ4n) is 1.13. The highest BCUT2D eigenvalue weighted by Gasteiger charge is 2.08. The summed E-state index contributed by atoms with van der Waals surface area (Å²) < 4.78 is 0. The van der Waals surface area contributed by atoms with E-state index < -0.39 is 0 Å². The third-order valence-electron chi connectivity index (χ3n) is 1.85. The molecule has 0 rings (SSSR count). The Kier molecular flexibility index (Phi) is 5.57. The topological polar surface area (TPSA) is 12.0 Å². The molecule has 0 saturated heterocycles. The van der Waals surface area contributed by atoms with E-state index in [9.17, 15) is 0 Å². The van der Waals surface area contributed by atoms with Crippen molar-refractivity contribution in [1.29, 1.82) is 0 Å². The summed E-state index contributed by atoms with van der Waals surface area (Å²) in [4.78, 5) is 0. The lowest BCUT2D eigenvalue weighted by atomic mass is 9.89. The fourth-order valence-corrected chi connectivity index (χ4v) is 1.13. The molecule has 0 aromatic heterocycles. The van der Waals surface area contributed by atoms with Crippen LogP contribution in [-0.2, 0) is 0 Å². The van der Waals surface area contributed by atoms with Crippen molar-refractivity contribution in [2.75, 3.05) is 13.6 Å². The molecular formula is C10H23N. The Morgan fingerprint density at radius 1 is 1.00 bits per heavy atom. The van der Waals surface area contributed by atoms with Crippen molar-refractivity contribution in [3.05, 3.63) is 0 Å². The third kappa shape index (κ3) is 9.96. The van der Waals surface area contributed by atoms with Crippen molar-refractivity contribution < 1.29 is 0 Å². The molecule has 0 bridgehead atoms. The van der Waals surface area contributed by atoms with Crippen LogP contribution in [0.1, 0.15) is 46.5 Å². The van der Waals surface area contributed by atoms with Gasteiger partial charge in [-0.3, -0.25) is 0 Å². The van der Waals surface area contributed by atoms with E-state index in [-0.39, 0.29) is 0 Å². The lowest BCUT2D eigenvalue weighted by molar-refractivity contribution is 0.358. The van der Waals surface area contributed by atoms with Gasteiger partial charge < -0.3 is 5.32 Å². The van der Waals surface area contributed by atoms with Crippen molar-refractivity contribution in [2.45, 2.75) is 46.5 Å². The minimum Gasteiger partial charge on any atom is -0.320 e. The molecular weight excluding hydrogens is 134 g/mol. The van der Waals surface area contributed by atoms with E-state index in [1.807, 2.05) is 7.05 Å². The van der Waals surface area contributed by atoms with E-state index in [4.69, 9.17) is 0 Å². The van der Waals surface area contributed by atoms with Crippen LogP contribution in [0.25, 0.3) is 0 Å². The van der Waals surface area contributed by atoms with Crippen molar-refractivity contribution in [3.63, 3.8) is 0 Å². The smallest absolute Gasteiger partial charge is 0.00519 e. The molecule has 0 unspecified atom stereocenters. The fraction of sp³-hybridized carbons (Fsp3) is 1.00. The molecule has 1 nitrogen and oxygen atoms in total. The lowest BCUT2D eigenvalue weighted by Crippen LogP contribution is -2.08. The van der Waals surface area contributed by atoms with Gasteiger partial charge in [-0.05, 0) is 31.8 Å². The van der Waals surface area contributed by atoms with Crippen LogP contribution in [0.5, 0.6) is 0 Å². The number of hydrogen-bond donors (Lipinski definition) is 1. The zero-order valence-corrected chi connectivity index (χ0v) is 8.54. The zero-order valence-electron chi connectivity index (χ0n) is 8.54. The van der Waals surface area contributed by atoms with Gasteiger partial charge in [-0.1, -0.05) is 33.6 Å². The summed E-state index contributed by atoms with van der Waals surface area (Å²) in [5, 5.41) is 3.17. The number of hydrogen-bond acceptors (Lipinski definition) is 1. The summed E-state index contributed by atoms with van der Waals surface area (Å²) in [7, 11) is 2.02. The molecule has 0 aromatic rings. The Morgan fingerprint density at radius 2 is 1.64 bits per heavy atom. The van der Waals surface area contributed by atoms with E-state index in [0.717, 1.165) is 0 Å². The van der Waals surface area contributed by atoms with Crippen LogP contribution in [0.4, 0.5) is 0 Å². The summed E-state index contributed by atoms with van der Waals surface area (Å²) in [6.45, 7) is 8.10. The first kappa shape index (κ1) is 11.0. The average molecular weight is 157 g/mol. The molecule has 0 aliphatic heterocycles. The van der Waals surface area contributed by atoms with E-state index >= 15 is 0 Å². The van der Waals surface area contributed by atoms with Crippen LogP contribution in [0, 0.1) is 5.41 Å². The summed E-state index contributed by atoms with van der Waals surface area (Å²) in [6.07, 6.45) is 5.44. The van der Waals surface area contributed by atoms with E-state index in [0.29, 0.717) is 5.41 Å². The van der Waals surface area contributed by atoms with Gasteiger partial charge in [-0.25, -0.2) is 0 Å². The second kappa shape index (κ2) is 5.59. The quantitative estimate of drug-likeness (QED) is 0.605. The predicted octanol–water partition coefficient (Wildman–Crippen LogP) is 2.81. The molecule has 0 aliphatic rings. The molecule has 0 atom stereocenters. The molecule has 0 spiro atoms. The molecule has 0 radical (unpaired) electrons. The summed E-state index contributed by atoms with van der Waals surface area (Å²) in [5.41, 5.74) is 0.527. The van der Waals surface area contributed by atoms with Gasteiger partial charge >= 0.3 is 0 Å². The third-order valence-corrected chi connectivity index (χ3v) is 1.85. The minimum atomic E-state index is 0.527. The van der Waals surface area contributed by atoms with Crippen LogP contribution in [0.15, 0.2) is 0 Å². The second-order valence-corrected chi connectivity index (χ2v) is 4.47. The highest BCUT2D eigenvalue weighted by Crippen LogP contribution is 2.21. The molecule has 0 fully saturated rings. The normalized spacial score (nSPS) is 12.0. The van der Waals surface area contributed by atoms with Gasteiger partial charge in [0.15, 0.2) is 0 Å². The van der Waals surface area contributed by atoms with Crippen LogP contribution in [0.2, 0.25) is 0 Å². The average Bonchev–Trinajstić information content (AvgIpc) is 1.85. The monoisotopic (exact) mass is 157 g/mol. The standard InChI is InChI=1S/C10H23N/c1-10(2,3)8-6-5-7-9-11-4/h11H,5-9H2,1-4H3. The van der Waals surface area contributed by atoms with Crippen molar-refractivity contribution in [3.8, 4) is 0 Å². The van der Waals surface area contributed by atoms with Gasteiger partial charge in [0, 0.05) is 0 Å². The molecule has 1 heteroatoms. The summed E-state index contributed by atoms with van der Waals surface area (Å²) in [6, 6.07) is 0. The van der Waals surface area contributed by atoms with E-state index in [2.05, 4.69) is 26.1 Å². The van der Waals surface area contributed by atoms with Crippen LogP contribution < -0.4 is 5.32 Å². The first-order valence-electron chi connectivity index (χ1n) is 4.71. The molecule has 11 heavy (non-hydrogen) atoms. The predicted molar refractivity (Wildman–Crippen MR) is 51.8 cm³/mol. The van der Waals surface area contributed by atoms with Crippen LogP contribution >= 0.6 is 0 Å². The van der Waals surface area contributed by atoms with Gasteiger partial charge in [-0.15, -0.1) is 0 Å². The maximum Gasteiger partial charge on any atom is -0.00519 e. The Hall–Kier alpha value is -0.0400. The largest absolute Gasteiger partial charge is 0.320 e. The van der Waals surface area contributed by atoms with Gasteiger partial charge in [0.05, 0.1) is 0 Å². The number of rotatable bonds is 5. The molecule has 0 aliphatic carbocycles. The highest BCUT2D eigenvalue weighted by atomic mass is 14.8. The minimum absolute atomic E-state index is 0.527. The Bertz CT molecular complexity index is 81.4.